The number of carbonyl (C=O) groups excluding carboxylic acids is 1. The van der Waals surface area contributed by atoms with Gasteiger partial charge in [0.05, 0.1) is 6.16 Å². The number of Topliss-reactive ketones (excluding diaryl/α,β-unsaturated/α-hetero) is 1. The van der Waals surface area contributed by atoms with Crippen LogP contribution in [0.15, 0.2) is 72.3 Å². The van der Waals surface area contributed by atoms with E-state index in [1.165, 1.54) is 0 Å². The maximum atomic E-state index is 13.6. The molecule has 0 spiro atoms. The normalized spacial score (nSPS) is 12.2. The van der Waals surface area contributed by atoms with Crippen LogP contribution in [0, 0.1) is 0 Å². The summed E-state index contributed by atoms with van der Waals surface area (Å²) in [6.45, 7) is 3.59. The summed E-state index contributed by atoms with van der Waals surface area (Å²) in [6, 6.07) is 18.6. The fourth-order valence-corrected chi connectivity index (χ4v) is 4.78. The molecule has 0 N–H and O–H groups in total. The van der Waals surface area contributed by atoms with Gasteiger partial charge >= 0.3 is 0 Å². The van der Waals surface area contributed by atoms with Crippen LogP contribution in [0.5, 0.6) is 0 Å². The van der Waals surface area contributed by atoms with Crippen LogP contribution < -0.4 is 10.6 Å². The minimum Gasteiger partial charge on any atom is -0.313 e. The van der Waals surface area contributed by atoms with Crippen LogP contribution in [0.2, 0.25) is 0 Å². The van der Waals surface area contributed by atoms with Gasteiger partial charge in [-0.15, -0.1) is 0 Å². The van der Waals surface area contributed by atoms with Crippen molar-refractivity contribution >= 4 is 23.5 Å². The number of allylic oxidation sites excluding steroid dienone is 2. The molecule has 0 aliphatic heterocycles. The zero-order valence-electron chi connectivity index (χ0n) is 12.3. The summed E-state index contributed by atoms with van der Waals surface area (Å²) in [5.41, 5.74) is 0.655. The highest BCUT2D eigenvalue weighted by molar-refractivity contribution is 7.79. The Kier molecular flexibility index (Phi) is 4.93. The Bertz CT molecular complexity index is 644. The number of rotatable bonds is 5. The topological polar surface area (TPSA) is 34.1 Å². The molecule has 0 heterocycles. The summed E-state index contributed by atoms with van der Waals surface area (Å²) in [4.78, 5) is 12.3. The summed E-state index contributed by atoms with van der Waals surface area (Å²) in [7, 11) is -2.94. The van der Waals surface area contributed by atoms with Gasteiger partial charge in [0.25, 0.3) is 0 Å². The van der Waals surface area contributed by atoms with Crippen LogP contribution in [-0.4, -0.2) is 11.9 Å². The van der Waals surface area contributed by atoms with Crippen molar-refractivity contribution in [1.82, 2.24) is 0 Å². The summed E-state index contributed by atoms with van der Waals surface area (Å²) in [5.74, 6) is -0.0615. The molecule has 0 atom stereocenters. The predicted molar refractivity (Wildman–Crippen MR) is 89.1 cm³/mol. The van der Waals surface area contributed by atoms with Crippen molar-refractivity contribution in [3.63, 3.8) is 0 Å². The van der Waals surface area contributed by atoms with Gasteiger partial charge in [-0.05, 0) is 19.4 Å². The van der Waals surface area contributed by atoms with Crippen molar-refractivity contribution in [3.05, 3.63) is 72.3 Å². The first-order valence-electron chi connectivity index (χ1n) is 6.94. The summed E-state index contributed by atoms with van der Waals surface area (Å²) >= 11 is 0. The molecule has 0 aliphatic carbocycles. The van der Waals surface area contributed by atoms with Crippen LogP contribution in [-0.2, 0) is 9.36 Å². The molecule has 0 unspecified atom stereocenters. The van der Waals surface area contributed by atoms with Crippen molar-refractivity contribution in [2.45, 2.75) is 13.8 Å². The summed E-state index contributed by atoms with van der Waals surface area (Å²) in [5, 5.41) is 1.46. The first-order chi connectivity index (χ1) is 10.1. The third-order valence-corrected chi connectivity index (χ3v) is 6.58. The van der Waals surface area contributed by atoms with Crippen LogP contribution in [0.3, 0.4) is 0 Å². The molecule has 2 aromatic rings. The van der Waals surface area contributed by atoms with Crippen molar-refractivity contribution < 1.29 is 9.36 Å². The number of carbonyl (C=O) groups is 1. The molecule has 0 amide bonds. The molecule has 108 valence electrons. The second-order valence-corrected chi connectivity index (χ2v) is 7.79. The van der Waals surface area contributed by atoms with E-state index in [0.717, 1.165) is 10.6 Å². The average molecular weight is 298 g/mol. The highest BCUT2D eigenvalue weighted by atomic mass is 31.2. The highest BCUT2D eigenvalue weighted by Crippen LogP contribution is 2.43. The predicted octanol–water partition coefficient (Wildman–Crippen LogP) is 3.54. The van der Waals surface area contributed by atoms with E-state index >= 15 is 0 Å². The van der Waals surface area contributed by atoms with Gasteiger partial charge < -0.3 is 4.57 Å². The molecular weight excluding hydrogens is 279 g/mol. The van der Waals surface area contributed by atoms with E-state index in [1.54, 1.807) is 13.0 Å². The second kappa shape index (κ2) is 6.69. The molecule has 2 nitrogen and oxygen atoms in total. The van der Waals surface area contributed by atoms with Gasteiger partial charge in [0.1, 0.15) is 0 Å². The lowest BCUT2D eigenvalue weighted by Crippen LogP contribution is -2.22. The molecule has 0 saturated carbocycles. The lowest BCUT2D eigenvalue weighted by molar-refractivity contribution is -0.113. The van der Waals surface area contributed by atoms with Crippen LogP contribution in [0.1, 0.15) is 13.8 Å². The molecule has 2 rings (SSSR count). The lowest BCUT2D eigenvalue weighted by Gasteiger charge is -2.18. The van der Waals surface area contributed by atoms with E-state index in [9.17, 15) is 9.36 Å². The van der Waals surface area contributed by atoms with E-state index in [4.69, 9.17) is 0 Å². The zero-order valence-corrected chi connectivity index (χ0v) is 13.2. The van der Waals surface area contributed by atoms with Crippen molar-refractivity contribution in [2.75, 3.05) is 6.16 Å². The number of ketones is 1. The summed E-state index contributed by atoms with van der Waals surface area (Å²) in [6.07, 6.45) is 1.81. The zero-order chi connectivity index (χ0) is 15.3. The fraction of sp³-hybridized carbons (Fsp3) is 0.167. The smallest absolute Gasteiger partial charge is 0.166 e. The standard InChI is InChI=1S/C18H19O2P/c1-3-15(2)18(19)14-21(20,16-10-6-4-7-11-16)17-12-8-5-9-13-17/h3-13H,14H2,1-2H3/b15-3+. The Morgan fingerprint density at radius 2 is 1.38 bits per heavy atom. The molecular formula is C18H19O2P. The Morgan fingerprint density at radius 3 is 1.76 bits per heavy atom. The third-order valence-electron chi connectivity index (χ3n) is 3.59. The Morgan fingerprint density at radius 1 is 0.952 bits per heavy atom. The number of benzene rings is 2. The van der Waals surface area contributed by atoms with Gasteiger partial charge in [0, 0.05) is 10.6 Å². The second-order valence-electron chi connectivity index (χ2n) is 4.96. The number of hydrogen-bond donors (Lipinski definition) is 0. The van der Waals surface area contributed by atoms with Gasteiger partial charge in [-0.1, -0.05) is 66.7 Å². The summed E-state index contributed by atoms with van der Waals surface area (Å²) < 4.78 is 13.6. The largest absolute Gasteiger partial charge is 0.313 e. The molecule has 0 aromatic heterocycles. The molecule has 2 aromatic carbocycles. The molecule has 0 bridgehead atoms. The SMILES string of the molecule is C/C=C(\C)C(=O)CP(=O)(c1ccccc1)c1ccccc1. The first-order valence-corrected chi connectivity index (χ1v) is 8.83. The lowest BCUT2D eigenvalue weighted by atomic mass is 10.2. The third kappa shape index (κ3) is 3.40. The van der Waals surface area contributed by atoms with Crippen LogP contribution in [0.4, 0.5) is 0 Å². The van der Waals surface area contributed by atoms with Gasteiger partial charge in [0.15, 0.2) is 12.9 Å². The van der Waals surface area contributed by atoms with Gasteiger partial charge in [-0.25, -0.2) is 0 Å². The van der Waals surface area contributed by atoms with Crippen molar-refractivity contribution in [1.29, 1.82) is 0 Å². The van der Waals surface area contributed by atoms with Crippen LogP contribution in [0.25, 0.3) is 0 Å². The monoisotopic (exact) mass is 298 g/mol. The Hall–Kier alpha value is -1.92. The minimum atomic E-state index is -2.94. The first kappa shape index (κ1) is 15.5. The Balaban J connectivity index is 2.51. The molecule has 0 radical (unpaired) electrons. The highest BCUT2D eigenvalue weighted by Gasteiger charge is 2.30. The van der Waals surface area contributed by atoms with Gasteiger partial charge in [-0.3, -0.25) is 4.79 Å². The quantitative estimate of drug-likeness (QED) is 0.625. The van der Waals surface area contributed by atoms with Gasteiger partial charge in [-0.2, -0.15) is 0 Å². The maximum Gasteiger partial charge on any atom is 0.166 e. The maximum absolute atomic E-state index is 13.6. The molecule has 0 fully saturated rings. The van der Waals surface area contributed by atoms with E-state index < -0.39 is 7.14 Å². The number of hydrogen-bond acceptors (Lipinski definition) is 2. The van der Waals surface area contributed by atoms with E-state index in [-0.39, 0.29) is 11.9 Å². The van der Waals surface area contributed by atoms with Crippen molar-refractivity contribution in [3.8, 4) is 0 Å². The Labute approximate surface area is 125 Å². The van der Waals surface area contributed by atoms with Gasteiger partial charge in [0.2, 0.25) is 0 Å². The van der Waals surface area contributed by atoms with E-state index in [0.29, 0.717) is 5.57 Å². The molecule has 3 heteroatoms. The fourth-order valence-electron chi connectivity index (χ4n) is 2.16. The average Bonchev–Trinajstić information content (AvgIpc) is 2.55. The molecule has 21 heavy (non-hydrogen) atoms. The van der Waals surface area contributed by atoms with Crippen molar-refractivity contribution in [2.24, 2.45) is 0 Å². The molecule has 0 aliphatic rings. The van der Waals surface area contributed by atoms with E-state index in [2.05, 4.69) is 0 Å². The molecule has 0 saturated heterocycles. The van der Waals surface area contributed by atoms with E-state index in [1.807, 2.05) is 67.6 Å². The minimum absolute atomic E-state index is 0.0389. The van der Waals surface area contributed by atoms with Crippen LogP contribution >= 0.6 is 7.14 Å².